The minimum absolute atomic E-state index is 0.0690. The van der Waals surface area contributed by atoms with Gasteiger partial charge in [0.05, 0.1) is 5.57 Å². The van der Waals surface area contributed by atoms with Crippen LogP contribution in [0.4, 0.5) is 5.69 Å². The first kappa shape index (κ1) is 16.6. The standard InChI is InChI=1S/C18H14Cl2N2O2/c1-10-16(11-3-5-12(19)6-4-11)22(17(10)18(24)21-2)15-8-7-13(23)9-14(15)20/h3-9H,1-2H3,(H-,21,23,24)/p+1. The summed E-state index contributed by atoms with van der Waals surface area (Å²) < 4.78 is 1.79. The number of hydrogen-bond donors (Lipinski definition) is 2. The summed E-state index contributed by atoms with van der Waals surface area (Å²) >= 11 is 12.2. The molecule has 1 aliphatic heterocycles. The molecule has 0 aliphatic carbocycles. The van der Waals surface area contributed by atoms with Crippen LogP contribution < -0.4 is 5.32 Å². The number of phenolic OH excluding ortho intramolecular Hbond substituents is 1. The fourth-order valence-corrected chi connectivity index (χ4v) is 3.15. The van der Waals surface area contributed by atoms with Gasteiger partial charge in [0.15, 0.2) is 0 Å². The van der Waals surface area contributed by atoms with Gasteiger partial charge in [0.2, 0.25) is 11.4 Å². The molecule has 2 aromatic rings. The van der Waals surface area contributed by atoms with Crippen molar-refractivity contribution in [2.24, 2.45) is 0 Å². The van der Waals surface area contributed by atoms with E-state index in [0.29, 0.717) is 21.4 Å². The second kappa shape index (κ2) is 6.30. The lowest BCUT2D eigenvalue weighted by molar-refractivity contribution is -0.391. The number of carbonyl (C=O) groups excluding carboxylic acids is 1. The second-order valence-electron chi connectivity index (χ2n) is 5.38. The van der Waals surface area contributed by atoms with Gasteiger partial charge in [-0.3, -0.25) is 4.79 Å². The van der Waals surface area contributed by atoms with Crippen molar-refractivity contribution >= 4 is 40.5 Å². The van der Waals surface area contributed by atoms with E-state index < -0.39 is 0 Å². The van der Waals surface area contributed by atoms with Crippen molar-refractivity contribution in [3.8, 4) is 5.75 Å². The molecule has 0 saturated carbocycles. The van der Waals surface area contributed by atoms with Crippen molar-refractivity contribution in [2.45, 2.75) is 6.92 Å². The third-order valence-corrected chi connectivity index (χ3v) is 4.44. The maximum Gasteiger partial charge on any atom is 0.316 e. The first-order valence-corrected chi connectivity index (χ1v) is 8.04. The molecule has 1 aliphatic rings. The van der Waals surface area contributed by atoms with Gasteiger partial charge in [-0.05, 0) is 37.3 Å². The van der Waals surface area contributed by atoms with Crippen LogP contribution in [0.2, 0.25) is 10.0 Å². The number of phenols is 1. The molecule has 0 aromatic heterocycles. The van der Waals surface area contributed by atoms with Crippen LogP contribution in [0.25, 0.3) is 0 Å². The molecule has 0 saturated heterocycles. The first-order chi connectivity index (χ1) is 11.4. The van der Waals surface area contributed by atoms with E-state index in [1.54, 1.807) is 29.8 Å². The number of carbonyl (C=O) groups is 1. The van der Waals surface area contributed by atoms with Gasteiger partial charge in [0.25, 0.3) is 5.70 Å². The minimum Gasteiger partial charge on any atom is -0.508 e. The molecule has 2 aromatic carbocycles. The van der Waals surface area contributed by atoms with Crippen molar-refractivity contribution < 1.29 is 14.5 Å². The zero-order chi connectivity index (χ0) is 17.4. The Morgan fingerprint density at radius 3 is 2.38 bits per heavy atom. The Kier molecular flexibility index (Phi) is 4.35. The number of aromatic hydroxyl groups is 1. The van der Waals surface area contributed by atoms with Crippen LogP contribution in [0, 0.1) is 0 Å². The monoisotopic (exact) mass is 361 g/mol. The van der Waals surface area contributed by atoms with Crippen molar-refractivity contribution in [2.75, 3.05) is 7.05 Å². The molecular weight excluding hydrogens is 347 g/mol. The number of allylic oxidation sites excluding steroid dienone is 1. The number of benzene rings is 2. The Hall–Kier alpha value is -2.30. The average Bonchev–Trinajstić information content (AvgIpc) is 2.55. The minimum atomic E-state index is -0.200. The van der Waals surface area contributed by atoms with E-state index in [1.165, 1.54) is 12.1 Å². The summed E-state index contributed by atoms with van der Waals surface area (Å²) in [6, 6.07) is 12.0. The highest BCUT2D eigenvalue weighted by atomic mass is 35.5. The zero-order valence-corrected chi connectivity index (χ0v) is 14.6. The van der Waals surface area contributed by atoms with Gasteiger partial charge in [-0.1, -0.05) is 23.2 Å². The molecule has 0 radical (unpaired) electrons. The number of nitrogens with one attached hydrogen (secondary N) is 1. The molecule has 1 amide bonds. The summed E-state index contributed by atoms with van der Waals surface area (Å²) in [7, 11) is 1.58. The molecule has 0 spiro atoms. The molecular formula is C18H15Cl2N2O2+. The van der Waals surface area contributed by atoms with Crippen LogP contribution in [0.5, 0.6) is 5.75 Å². The molecule has 122 valence electrons. The molecule has 2 N–H and O–H groups in total. The third-order valence-electron chi connectivity index (χ3n) is 3.89. The molecule has 24 heavy (non-hydrogen) atoms. The van der Waals surface area contributed by atoms with Gasteiger partial charge in [-0.25, -0.2) is 0 Å². The Bertz CT molecular complexity index is 900. The molecule has 0 bridgehead atoms. The SMILES string of the molecule is CNC(=O)C1=C(C)C(c2ccc(Cl)cc2)=[N+]1c1ccc(O)cc1Cl. The molecule has 0 fully saturated rings. The number of amides is 1. The number of halogens is 2. The van der Waals surface area contributed by atoms with Gasteiger partial charge in [0, 0.05) is 29.8 Å². The highest BCUT2D eigenvalue weighted by Gasteiger charge is 2.43. The Balaban J connectivity index is 2.20. The van der Waals surface area contributed by atoms with Gasteiger partial charge in [-0.15, -0.1) is 4.58 Å². The number of hydrogen-bond acceptors (Lipinski definition) is 2. The summed E-state index contributed by atoms with van der Waals surface area (Å²) in [4.78, 5) is 12.3. The van der Waals surface area contributed by atoms with Gasteiger partial charge >= 0.3 is 5.91 Å². The van der Waals surface area contributed by atoms with Crippen LogP contribution >= 0.6 is 23.2 Å². The summed E-state index contributed by atoms with van der Waals surface area (Å²) in [6.07, 6.45) is 0. The van der Waals surface area contributed by atoms with E-state index >= 15 is 0 Å². The maximum absolute atomic E-state index is 12.3. The summed E-state index contributed by atoms with van der Waals surface area (Å²) in [5, 5.41) is 13.2. The van der Waals surface area contributed by atoms with Crippen LogP contribution in [0.3, 0.4) is 0 Å². The summed E-state index contributed by atoms with van der Waals surface area (Å²) in [5.41, 5.74) is 3.81. The maximum atomic E-state index is 12.3. The Morgan fingerprint density at radius 1 is 1.12 bits per heavy atom. The second-order valence-corrected chi connectivity index (χ2v) is 6.22. The van der Waals surface area contributed by atoms with E-state index in [4.69, 9.17) is 23.2 Å². The van der Waals surface area contributed by atoms with E-state index in [-0.39, 0.29) is 11.7 Å². The highest BCUT2D eigenvalue weighted by molar-refractivity contribution is 6.33. The number of likely N-dealkylation sites (N-methyl/N-ethyl adjacent to an activating group) is 1. The first-order valence-electron chi connectivity index (χ1n) is 7.29. The fourth-order valence-electron chi connectivity index (χ4n) is 2.77. The lowest BCUT2D eigenvalue weighted by atomic mass is 9.93. The van der Waals surface area contributed by atoms with Crippen molar-refractivity contribution in [1.82, 2.24) is 5.32 Å². The molecule has 1 heterocycles. The van der Waals surface area contributed by atoms with Gasteiger partial charge in [0.1, 0.15) is 10.8 Å². The molecule has 3 rings (SSSR count). The van der Waals surface area contributed by atoms with Crippen LogP contribution in [0.1, 0.15) is 12.5 Å². The van der Waals surface area contributed by atoms with Crippen LogP contribution in [0.15, 0.2) is 53.7 Å². The van der Waals surface area contributed by atoms with Crippen molar-refractivity contribution in [3.63, 3.8) is 0 Å². The summed E-state index contributed by atoms with van der Waals surface area (Å²) in [5.74, 6) is -0.131. The average molecular weight is 362 g/mol. The van der Waals surface area contributed by atoms with Crippen LogP contribution in [-0.2, 0) is 4.79 Å². The third kappa shape index (κ3) is 2.68. The smallest absolute Gasteiger partial charge is 0.316 e. The molecule has 0 atom stereocenters. The van der Waals surface area contributed by atoms with E-state index in [9.17, 15) is 9.90 Å². The quantitative estimate of drug-likeness (QED) is 0.815. The fraction of sp³-hybridized carbons (Fsp3) is 0.111. The lowest BCUT2D eigenvalue weighted by Crippen LogP contribution is -2.38. The number of nitrogens with zero attached hydrogens (tertiary/aromatic N) is 1. The van der Waals surface area contributed by atoms with E-state index in [1.807, 2.05) is 19.1 Å². The van der Waals surface area contributed by atoms with Gasteiger partial charge in [-0.2, -0.15) is 0 Å². The predicted octanol–water partition coefficient (Wildman–Crippen LogP) is 3.87. The zero-order valence-electron chi connectivity index (χ0n) is 13.1. The predicted molar refractivity (Wildman–Crippen MR) is 95.4 cm³/mol. The molecule has 6 heteroatoms. The molecule has 4 nitrogen and oxygen atoms in total. The Labute approximate surface area is 149 Å². The van der Waals surface area contributed by atoms with E-state index in [2.05, 4.69) is 5.32 Å². The van der Waals surface area contributed by atoms with Crippen molar-refractivity contribution in [3.05, 3.63) is 69.3 Å². The highest BCUT2D eigenvalue weighted by Crippen LogP contribution is 2.37. The van der Waals surface area contributed by atoms with E-state index in [0.717, 1.165) is 16.8 Å². The largest absolute Gasteiger partial charge is 0.508 e. The topological polar surface area (TPSA) is 52.3 Å². The summed E-state index contributed by atoms with van der Waals surface area (Å²) in [6.45, 7) is 1.89. The number of rotatable bonds is 3. The van der Waals surface area contributed by atoms with Crippen LogP contribution in [-0.4, -0.2) is 28.3 Å². The lowest BCUT2D eigenvalue weighted by Gasteiger charge is -2.21. The molecule has 0 unspecified atom stereocenters. The normalized spacial score (nSPS) is 13.8. The van der Waals surface area contributed by atoms with Gasteiger partial charge < -0.3 is 10.4 Å². The Morgan fingerprint density at radius 2 is 1.79 bits per heavy atom. The van der Waals surface area contributed by atoms with Crippen molar-refractivity contribution in [1.29, 1.82) is 0 Å².